The molecule has 0 aliphatic rings. The molecule has 0 aliphatic carbocycles. The summed E-state index contributed by atoms with van der Waals surface area (Å²) >= 11 is 7.20. The number of nitrogens with zero attached hydrogens (tertiary/aromatic N) is 2. The minimum absolute atomic E-state index is 0.374. The van der Waals surface area contributed by atoms with Gasteiger partial charge in [0.25, 0.3) is 0 Å². The molecule has 0 bridgehead atoms. The van der Waals surface area contributed by atoms with Crippen LogP contribution < -0.4 is 0 Å². The summed E-state index contributed by atoms with van der Waals surface area (Å²) in [6, 6.07) is 29.1. The number of rotatable bonds is 4. The van der Waals surface area contributed by atoms with Gasteiger partial charge < -0.3 is 0 Å². The second kappa shape index (κ2) is 8.21. The van der Waals surface area contributed by atoms with Gasteiger partial charge in [0.05, 0.1) is 11.4 Å². The Morgan fingerprint density at radius 3 is 1.31 bits per heavy atom. The van der Waals surface area contributed by atoms with Crippen LogP contribution in [0, 0.1) is 0 Å². The van der Waals surface area contributed by atoms with Gasteiger partial charge in [-0.05, 0) is 92.2 Å². The average Bonchev–Trinajstić information content (AvgIpc) is 2.74. The smallest absolute Gasteiger partial charge is 0.107 e. The molecule has 2 nitrogen and oxygen atoms in total. The Kier molecular flexibility index (Phi) is 5.66. The summed E-state index contributed by atoms with van der Waals surface area (Å²) in [5.74, 6) is 0. The predicted molar refractivity (Wildman–Crippen MR) is 127 cm³/mol. The van der Waals surface area contributed by atoms with E-state index >= 15 is 0 Å². The van der Waals surface area contributed by atoms with Crippen molar-refractivity contribution >= 4 is 31.9 Å². The fourth-order valence-electron chi connectivity index (χ4n) is 3.36. The lowest BCUT2D eigenvalue weighted by atomic mass is 9.83. The first-order valence-corrected chi connectivity index (χ1v) is 11.0. The molecule has 0 fully saturated rings. The minimum Gasteiger partial charge on any atom is -0.245 e. The molecule has 0 radical (unpaired) electrons. The zero-order chi connectivity index (χ0) is 20.4. The van der Waals surface area contributed by atoms with Crippen LogP contribution in [0.2, 0.25) is 0 Å². The Morgan fingerprint density at radius 1 is 0.552 bits per heavy atom. The Hall–Kier alpha value is -2.30. The second-order valence-electron chi connectivity index (χ2n) is 7.48. The predicted octanol–water partition coefficient (Wildman–Crippen LogP) is 7.66. The lowest BCUT2D eigenvalue weighted by Gasteiger charge is -2.25. The normalized spacial score (nSPS) is 11.4. The molecule has 0 amide bonds. The van der Waals surface area contributed by atoms with Crippen LogP contribution in [0.25, 0.3) is 22.3 Å². The largest absolute Gasteiger partial charge is 0.245 e. The molecule has 29 heavy (non-hydrogen) atoms. The molecule has 4 rings (SSSR count). The third kappa shape index (κ3) is 4.34. The Bertz CT molecular complexity index is 1050. The highest BCUT2D eigenvalue weighted by Crippen LogP contribution is 2.35. The van der Waals surface area contributed by atoms with Crippen molar-refractivity contribution < 1.29 is 0 Å². The standard InChI is InChI=1S/C25H20Br2N2/c1-25(2,21-13-19(15-23(26)28-21)17-9-5-3-6-10-17)22-14-20(16-24(27)29-22)18-11-7-4-8-12-18/h3-16H,1-2H3. The van der Waals surface area contributed by atoms with E-state index in [2.05, 4.69) is 119 Å². The number of pyridine rings is 2. The van der Waals surface area contributed by atoms with Crippen molar-refractivity contribution in [3.8, 4) is 22.3 Å². The van der Waals surface area contributed by atoms with Gasteiger partial charge in [0.2, 0.25) is 0 Å². The Labute approximate surface area is 188 Å². The molecule has 0 N–H and O–H groups in total. The topological polar surface area (TPSA) is 25.8 Å². The maximum atomic E-state index is 4.80. The molecule has 0 aliphatic heterocycles. The maximum absolute atomic E-state index is 4.80. The molecule has 2 aromatic heterocycles. The second-order valence-corrected chi connectivity index (χ2v) is 9.11. The molecule has 0 saturated heterocycles. The number of hydrogen-bond donors (Lipinski definition) is 0. The van der Waals surface area contributed by atoms with Gasteiger partial charge in [-0.15, -0.1) is 0 Å². The van der Waals surface area contributed by atoms with Gasteiger partial charge in [-0.3, -0.25) is 0 Å². The highest BCUT2D eigenvalue weighted by molar-refractivity contribution is 9.10. The molecular weight excluding hydrogens is 488 g/mol. The van der Waals surface area contributed by atoms with E-state index in [0.29, 0.717) is 0 Å². The molecule has 0 spiro atoms. The minimum atomic E-state index is -0.374. The first kappa shape index (κ1) is 20.0. The van der Waals surface area contributed by atoms with Crippen LogP contribution in [-0.2, 0) is 5.41 Å². The van der Waals surface area contributed by atoms with E-state index in [1.165, 1.54) is 11.1 Å². The van der Waals surface area contributed by atoms with Crippen molar-refractivity contribution in [2.75, 3.05) is 0 Å². The lowest BCUT2D eigenvalue weighted by Crippen LogP contribution is -2.22. The van der Waals surface area contributed by atoms with Crippen LogP contribution in [0.1, 0.15) is 25.2 Å². The Morgan fingerprint density at radius 2 is 0.931 bits per heavy atom. The van der Waals surface area contributed by atoms with Gasteiger partial charge in [-0.1, -0.05) is 60.7 Å². The van der Waals surface area contributed by atoms with Crippen molar-refractivity contribution in [3.63, 3.8) is 0 Å². The van der Waals surface area contributed by atoms with E-state index in [1.807, 2.05) is 12.1 Å². The summed E-state index contributed by atoms with van der Waals surface area (Å²) in [6.45, 7) is 4.33. The summed E-state index contributed by atoms with van der Waals surface area (Å²) in [7, 11) is 0. The quantitative estimate of drug-likeness (QED) is 0.265. The van der Waals surface area contributed by atoms with Gasteiger partial charge in [-0.2, -0.15) is 0 Å². The van der Waals surface area contributed by atoms with Gasteiger partial charge in [-0.25, -0.2) is 9.97 Å². The zero-order valence-corrected chi connectivity index (χ0v) is 19.4. The fourth-order valence-corrected chi connectivity index (χ4v) is 4.24. The highest BCUT2D eigenvalue weighted by atomic mass is 79.9. The molecule has 0 atom stereocenters. The molecular formula is C25H20Br2N2. The van der Waals surface area contributed by atoms with Crippen LogP contribution in [-0.4, -0.2) is 9.97 Å². The number of hydrogen-bond acceptors (Lipinski definition) is 2. The molecule has 4 aromatic rings. The molecule has 144 valence electrons. The summed E-state index contributed by atoms with van der Waals surface area (Å²) in [6.07, 6.45) is 0. The number of halogens is 2. The van der Waals surface area contributed by atoms with Crippen molar-refractivity contribution in [2.24, 2.45) is 0 Å². The van der Waals surface area contributed by atoms with Crippen molar-refractivity contribution in [1.82, 2.24) is 9.97 Å². The van der Waals surface area contributed by atoms with Crippen LogP contribution in [0.15, 0.2) is 94.1 Å². The fraction of sp³-hybridized carbons (Fsp3) is 0.120. The third-order valence-corrected chi connectivity index (χ3v) is 5.90. The lowest BCUT2D eigenvalue weighted by molar-refractivity contribution is 0.593. The SMILES string of the molecule is CC(C)(c1cc(-c2ccccc2)cc(Br)n1)c1cc(-c2ccccc2)cc(Br)n1. The first-order valence-electron chi connectivity index (χ1n) is 9.40. The summed E-state index contributed by atoms with van der Waals surface area (Å²) < 4.78 is 1.64. The highest BCUT2D eigenvalue weighted by Gasteiger charge is 2.28. The van der Waals surface area contributed by atoms with E-state index in [0.717, 1.165) is 31.7 Å². The van der Waals surface area contributed by atoms with Crippen molar-refractivity contribution in [3.05, 3.63) is 106 Å². The monoisotopic (exact) mass is 506 g/mol. The summed E-state index contributed by atoms with van der Waals surface area (Å²) in [5, 5.41) is 0. The van der Waals surface area contributed by atoms with Gasteiger partial charge in [0.15, 0.2) is 0 Å². The zero-order valence-electron chi connectivity index (χ0n) is 16.2. The van der Waals surface area contributed by atoms with E-state index < -0.39 is 0 Å². The molecule has 4 heteroatoms. The van der Waals surface area contributed by atoms with Crippen molar-refractivity contribution in [1.29, 1.82) is 0 Å². The van der Waals surface area contributed by atoms with Crippen LogP contribution in [0.3, 0.4) is 0 Å². The van der Waals surface area contributed by atoms with E-state index in [-0.39, 0.29) is 5.41 Å². The summed E-state index contributed by atoms with van der Waals surface area (Å²) in [4.78, 5) is 9.60. The van der Waals surface area contributed by atoms with Gasteiger partial charge >= 0.3 is 0 Å². The molecule has 2 heterocycles. The first-order chi connectivity index (χ1) is 13.9. The third-order valence-electron chi connectivity index (χ3n) is 5.08. The Balaban J connectivity index is 1.82. The van der Waals surface area contributed by atoms with Crippen LogP contribution in [0.5, 0.6) is 0 Å². The number of aromatic nitrogens is 2. The van der Waals surface area contributed by atoms with E-state index in [1.54, 1.807) is 0 Å². The van der Waals surface area contributed by atoms with E-state index in [9.17, 15) is 0 Å². The van der Waals surface area contributed by atoms with Gasteiger partial charge in [0, 0.05) is 5.41 Å². The molecule has 2 aromatic carbocycles. The number of benzene rings is 2. The molecule has 0 saturated carbocycles. The molecule has 0 unspecified atom stereocenters. The summed E-state index contributed by atoms with van der Waals surface area (Å²) in [5.41, 5.74) is 6.16. The van der Waals surface area contributed by atoms with Crippen LogP contribution in [0.4, 0.5) is 0 Å². The van der Waals surface area contributed by atoms with Gasteiger partial charge in [0.1, 0.15) is 9.21 Å². The average molecular weight is 508 g/mol. The van der Waals surface area contributed by atoms with Crippen molar-refractivity contribution in [2.45, 2.75) is 19.3 Å². The van der Waals surface area contributed by atoms with E-state index in [4.69, 9.17) is 9.97 Å². The maximum Gasteiger partial charge on any atom is 0.107 e. The van der Waals surface area contributed by atoms with Crippen LogP contribution >= 0.6 is 31.9 Å².